The zero-order valence-corrected chi connectivity index (χ0v) is 18.4. The van der Waals surface area contributed by atoms with Gasteiger partial charge in [0.05, 0.1) is 16.8 Å². The molecule has 1 aromatic rings. The van der Waals surface area contributed by atoms with Crippen molar-refractivity contribution in [2.45, 2.75) is 84.0 Å². The minimum atomic E-state index is -0.714. The third kappa shape index (κ3) is 3.26. The number of amides is 1. The van der Waals surface area contributed by atoms with Gasteiger partial charge in [0.2, 0.25) is 5.91 Å². The fourth-order valence-corrected chi connectivity index (χ4v) is 4.92. The fourth-order valence-electron chi connectivity index (χ4n) is 4.92. The van der Waals surface area contributed by atoms with Crippen molar-refractivity contribution in [3.63, 3.8) is 0 Å². The molecule has 1 aliphatic heterocycles. The summed E-state index contributed by atoms with van der Waals surface area (Å²) < 4.78 is 12.7. The van der Waals surface area contributed by atoms with E-state index in [0.717, 1.165) is 35.9 Å². The van der Waals surface area contributed by atoms with Gasteiger partial charge in [0, 0.05) is 5.56 Å². The Morgan fingerprint density at radius 1 is 1.21 bits per heavy atom. The van der Waals surface area contributed by atoms with Crippen LogP contribution < -0.4 is 11.2 Å². The summed E-state index contributed by atoms with van der Waals surface area (Å²) in [4.78, 5) is 12.1. The number of benzene rings is 1. The topological polar surface area (TPSA) is 81.8 Å². The lowest BCUT2D eigenvalue weighted by Crippen LogP contribution is -2.41. The van der Waals surface area contributed by atoms with Crippen LogP contribution in [0.3, 0.4) is 0 Å². The number of hydrogen-bond donors (Lipinski definition) is 2. The van der Waals surface area contributed by atoms with Crippen molar-refractivity contribution >= 4 is 24.1 Å². The van der Waals surface area contributed by atoms with Crippen molar-refractivity contribution in [3.8, 4) is 0 Å². The molecule has 0 spiro atoms. The Morgan fingerprint density at radius 3 is 2.38 bits per heavy atom. The van der Waals surface area contributed by atoms with E-state index in [-0.39, 0.29) is 5.92 Å². The summed E-state index contributed by atoms with van der Waals surface area (Å²) in [5.41, 5.74) is 10.4. The molecule has 1 fully saturated rings. The molecular weight excluding hydrogens is 365 g/mol. The standard InChI is InChI=1S/C23H32BNO4/c1-21(2,27)14-7-8-15-13(11-14)12-17-16(20(25)26)9-10-18(19(15)17)24-28-22(3,4)23(5,6)29-24/h9-10,14,27H,7-8,11-12H2,1-6H3,(H2,25,26). The van der Waals surface area contributed by atoms with E-state index in [0.29, 0.717) is 12.0 Å². The first-order chi connectivity index (χ1) is 13.3. The van der Waals surface area contributed by atoms with Gasteiger partial charge in [-0.3, -0.25) is 4.79 Å². The molecule has 29 heavy (non-hydrogen) atoms. The molecule has 6 heteroatoms. The first kappa shape index (κ1) is 20.6. The molecule has 1 amide bonds. The van der Waals surface area contributed by atoms with Crippen molar-refractivity contribution in [3.05, 3.63) is 34.4 Å². The Morgan fingerprint density at radius 2 is 1.83 bits per heavy atom. The molecule has 1 heterocycles. The number of carbonyl (C=O) groups is 1. The average Bonchev–Trinajstić information content (AvgIpc) is 3.06. The fraction of sp³-hybridized carbons (Fsp3) is 0.609. The highest BCUT2D eigenvalue weighted by Crippen LogP contribution is 2.47. The Balaban J connectivity index is 1.79. The van der Waals surface area contributed by atoms with E-state index < -0.39 is 29.8 Å². The molecule has 4 rings (SSSR count). The second-order valence-electron chi connectivity index (χ2n) is 10.4. The van der Waals surface area contributed by atoms with Gasteiger partial charge in [-0.25, -0.2) is 0 Å². The van der Waals surface area contributed by atoms with Crippen LogP contribution in [0.15, 0.2) is 17.7 Å². The molecule has 0 aromatic heterocycles. The van der Waals surface area contributed by atoms with Crippen LogP contribution in [-0.2, 0) is 15.7 Å². The summed E-state index contributed by atoms with van der Waals surface area (Å²) in [7, 11) is -0.477. The smallest absolute Gasteiger partial charge is 0.399 e. The Kier molecular flexibility index (Phi) is 4.58. The number of rotatable bonds is 3. The second-order valence-corrected chi connectivity index (χ2v) is 10.4. The summed E-state index contributed by atoms with van der Waals surface area (Å²) >= 11 is 0. The minimum absolute atomic E-state index is 0.216. The number of carbonyl (C=O) groups excluding carboxylic acids is 1. The lowest BCUT2D eigenvalue weighted by Gasteiger charge is -2.33. The van der Waals surface area contributed by atoms with Crippen LogP contribution in [-0.4, -0.2) is 34.9 Å². The predicted molar refractivity (Wildman–Crippen MR) is 115 cm³/mol. The summed E-state index contributed by atoms with van der Waals surface area (Å²) in [5, 5.41) is 10.5. The van der Waals surface area contributed by atoms with E-state index in [1.54, 1.807) is 0 Å². The van der Waals surface area contributed by atoms with Gasteiger partial charge in [-0.15, -0.1) is 0 Å². The van der Waals surface area contributed by atoms with Gasteiger partial charge in [-0.2, -0.15) is 0 Å². The third-order valence-electron chi connectivity index (χ3n) is 7.47. The maximum atomic E-state index is 12.1. The highest BCUT2D eigenvalue weighted by atomic mass is 16.7. The lowest BCUT2D eigenvalue weighted by molar-refractivity contribution is 0.00578. The highest BCUT2D eigenvalue weighted by Gasteiger charge is 2.53. The largest absolute Gasteiger partial charge is 0.495 e. The highest BCUT2D eigenvalue weighted by molar-refractivity contribution is 6.63. The Bertz CT molecular complexity index is 894. The molecule has 156 valence electrons. The Hall–Kier alpha value is -1.63. The zero-order valence-electron chi connectivity index (χ0n) is 18.4. The van der Waals surface area contributed by atoms with Gasteiger partial charge in [0.25, 0.3) is 0 Å². The molecule has 0 radical (unpaired) electrons. The first-order valence-electron chi connectivity index (χ1n) is 10.6. The second kappa shape index (κ2) is 6.43. The number of aliphatic hydroxyl groups is 1. The van der Waals surface area contributed by atoms with Crippen molar-refractivity contribution < 1.29 is 19.2 Å². The maximum absolute atomic E-state index is 12.1. The average molecular weight is 397 g/mol. The van der Waals surface area contributed by atoms with Crippen molar-refractivity contribution in [1.29, 1.82) is 0 Å². The molecule has 0 saturated carbocycles. The lowest BCUT2D eigenvalue weighted by atomic mass is 9.71. The molecule has 3 aliphatic rings. The normalized spacial score (nSPS) is 25.2. The number of nitrogens with two attached hydrogens (primary N) is 1. The number of hydrogen-bond acceptors (Lipinski definition) is 4. The van der Waals surface area contributed by atoms with Gasteiger partial charge in [0.1, 0.15) is 0 Å². The molecule has 1 atom stereocenters. The molecule has 1 saturated heterocycles. The monoisotopic (exact) mass is 397 g/mol. The van der Waals surface area contributed by atoms with E-state index in [1.807, 2.05) is 53.7 Å². The maximum Gasteiger partial charge on any atom is 0.495 e. The van der Waals surface area contributed by atoms with Crippen LogP contribution in [0.4, 0.5) is 0 Å². The molecule has 3 N–H and O–H groups in total. The van der Waals surface area contributed by atoms with Crippen LogP contribution in [0.2, 0.25) is 0 Å². The molecule has 0 bridgehead atoms. The van der Waals surface area contributed by atoms with Crippen LogP contribution >= 0.6 is 0 Å². The molecule has 1 unspecified atom stereocenters. The Labute approximate surface area is 173 Å². The SMILES string of the molecule is CC(C)(O)C1CCC2=C(Cc3c(C(N)=O)ccc(B4OC(C)(C)C(C)(C)O4)c32)C1. The van der Waals surface area contributed by atoms with Gasteiger partial charge in [0.15, 0.2) is 0 Å². The van der Waals surface area contributed by atoms with Crippen molar-refractivity contribution in [2.24, 2.45) is 11.7 Å². The van der Waals surface area contributed by atoms with Gasteiger partial charge in [-0.05, 0) is 101 Å². The molecule has 2 aliphatic carbocycles. The van der Waals surface area contributed by atoms with Gasteiger partial charge < -0.3 is 20.1 Å². The van der Waals surface area contributed by atoms with Crippen LogP contribution in [0.1, 0.15) is 82.3 Å². The zero-order chi connectivity index (χ0) is 21.4. The van der Waals surface area contributed by atoms with Crippen molar-refractivity contribution in [1.82, 2.24) is 0 Å². The third-order valence-corrected chi connectivity index (χ3v) is 7.47. The number of allylic oxidation sites excluding steroid dienone is 2. The molecule has 5 nitrogen and oxygen atoms in total. The number of fused-ring (bicyclic) bond motifs is 2. The van der Waals surface area contributed by atoms with E-state index in [4.69, 9.17) is 15.0 Å². The molecular formula is C23H32BNO4. The van der Waals surface area contributed by atoms with E-state index in [9.17, 15) is 9.90 Å². The van der Waals surface area contributed by atoms with E-state index in [1.165, 1.54) is 11.1 Å². The van der Waals surface area contributed by atoms with E-state index >= 15 is 0 Å². The van der Waals surface area contributed by atoms with Crippen LogP contribution in [0, 0.1) is 5.92 Å². The minimum Gasteiger partial charge on any atom is -0.399 e. The van der Waals surface area contributed by atoms with Crippen LogP contribution in [0.5, 0.6) is 0 Å². The first-order valence-corrected chi connectivity index (χ1v) is 10.6. The van der Waals surface area contributed by atoms with Crippen LogP contribution in [0.25, 0.3) is 5.57 Å². The summed E-state index contributed by atoms with van der Waals surface area (Å²) in [6.45, 7) is 12.0. The summed E-state index contributed by atoms with van der Waals surface area (Å²) in [6, 6.07) is 3.76. The quantitative estimate of drug-likeness (QED) is 0.769. The molecule has 1 aromatic carbocycles. The predicted octanol–water partition coefficient (Wildman–Crippen LogP) is 2.97. The van der Waals surface area contributed by atoms with Crippen molar-refractivity contribution in [2.75, 3.05) is 0 Å². The summed E-state index contributed by atoms with van der Waals surface area (Å²) in [6.07, 6.45) is 3.36. The van der Waals surface area contributed by atoms with Gasteiger partial charge in [-0.1, -0.05) is 11.6 Å². The summed E-state index contributed by atoms with van der Waals surface area (Å²) in [5.74, 6) is -0.187. The van der Waals surface area contributed by atoms with E-state index in [2.05, 4.69) is 0 Å². The number of primary amides is 1. The van der Waals surface area contributed by atoms with Gasteiger partial charge >= 0.3 is 7.12 Å².